The number of nitrogens with one attached hydrogen (secondary N) is 1. The third kappa shape index (κ3) is 3.35. The molecular formula is C12H11N3O4S. The highest BCUT2D eigenvalue weighted by molar-refractivity contribution is 8.18. The van der Waals surface area contributed by atoms with Crippen molar-refractivity contribution in [3.63, 3.8) is 0 Å². The highest BCUT2D eigenvalue weighted by Gasteiger charge is 2.22. The van der Waals surface area contributed by atoms with Gasteiger partial charge in [-0.3, -0.25) is 19.9 Å². The lowest BCUT2D eigenvalue weighted by atomic mass is 10.3. The van der Waals surface area contributed by atoms with Crippen molar-refractivity contribution < 1.29 is 14.1 Å². The van der Waals surface area contributed by atoms with Crippen LogP contribution >= 0.6 is 11.8 Å². The molecule has 1 aliphatic heterocycles. The number of nitrogens with zero attached hydrogens (tertiary/aromatic N) is 2. The van der Waals surface area contributed by atoms with Crippen LogP contribution in [0.1, 0.15) is 12.7 Å². The molecule has 1 N–H and O–H groups in total. The first-order valence-electron chi connectivity index (χ1n) is 5.76. The molecule has 20 heavy (non-hydrogen) atoms. The molecule has 0 bridgehead atoms. The van der Waals surface area contributed by atoms with Gasteiger partial charge in [0.25, 0.3) is 5.91 Å². The van der Waals surface area contributed by atoms with Crippen LogP contribution in [0.4, 0.5) is 5.88 Å². The molecule has 0 aliphatic carbocycles. The molecule has 2 rings (SSSR count). The normalized spacial score (nSPS) is 19.1. The standard InChI is InChI=1S/C12H11N3O4S/c1-2-13-12-14-11(16)9(20-12)5-3-4-8-6-7-10(19-8)15(17)18/h3-7H,2H2,1H3,(H,13,14,16)/b4-3+,9-5-. The van der Waals surface area contributed by atoms with Crippen molar-refractivity contribution in [1.29, 1.82) is 0 Å². The van der Waals surface area contributed by atoms with Crippen molar-refractivity contribution in [2.75, 3.05) is 6.54 Å². The number of hydrogen-bond acceptors (Lipinski definition) is 6. The largest absolute Gasteiger partial charge is 0.433 e. The van der Waals surface area contributed by atoms with Crippen LogP contribution in [0.3, 0.4) is 0 Å². The van der Waals surface area contributed by atoms with Crippen LogP contribution in [-0.4, -0.2) is 22.5 Å². The first-order valence-corrected chi connectivity index (χ1v) is 6.58. The molecular weight excluding hydrogens is 282 g/mol. The second-order valence-corrected chi connectivity index (χ2v) is 4.69. The molecule has 1 aromatic heterocycles. The molecule has 0 aromatic carbocycles. The second-order valence-electron chi connectivity index (χ2n) is 3.66. The van der Waals surface area contributed by atoms with Crippen LogP contribution in [0.2, 0.25) is 0 Å². The number of amides is 1. The maximum Gasteiger partial charge on any atom is 0.433 e. The summed E-state index contributed by atoms with van der Waals surface area (Å²) in [5, 5.41) is 13.7. The van der Waals surface area contributed by atoms with E-state index in [1.165, 1.54) is 23.9 Å². The average molecular weight is 293 g/mol. The van der Waals surface area contributed by atoms with Crippen LogP contribution < -0.4 is 5.32 Å². The number of carbonyl (C=O) groups excluding carboxylic acids is 1. The Morgan fingerprint density at radius 1 is 1.55 bits per heavy atom. The molecule has 1 aromatic rings. The molecule has 1 saturated heterocycles. The Morgan fingerprint density at radius 3 is 3.00 bits per heavy atom. The van der Waals surface area contributed by atoms with Crippen molar-refractivity contribution in [3.05, 3.63) is 45.1 Å². The van der Waals surface area contributed by atoms with Crippen molar-refractivity contribution in [2.24, 2.45) is 4.99 Å². The Labute approximate surface area is 118 Å². The number of allylic oxidation sites excluding steroid dienone is 2. The molecule has 0 saturated carbocycles. The minimum absolute atomic E-state index is 0.211. The van der Waals surface area contributed by atoms with Gasteiger partial charge in [0, 0.05) is 6.54 Å². The summed E-state index contributed by atoms with van der Waals surface area (Å²) in [6.07, 6.45) is 4.74. The summed E-state index contributed by atoms with van der Waals surface area (Å²) in [5.41, 5.74) is 0. The first-order chi connectivity index (χ1) is 9.60. The van der Waals surface area contributed by atoms with E-state index in [1.807, 2.05) is 6.92 Å². The van der Waals surface area contributed by atoms with E-state index in [2.05, 4.69) is 10.3 Å². The summed E-state index contributed by atoms with van der Waals surface area (Å²) in [5.74, 6) is -0.181. The monoisotopic (exact) mass is 293 g/mol. The van der Waals surface area contributed by atoms with Crippen molar-refractivity contribution in [3.8, 4) is 0 Å². The fraction of sp³-hybridized carbons (Fsp3) is 0.167. The summed E-state index contributed by atoms with van der Waals surface area (Å²) in [6.45, 7) is 2.48. The lowest BCUT2D eigenvalue weighted by molar-refractivity contribution is -0.402. The van der Waals surface area contributed by atoms with Gasteiger partial charge in [0.05, 0.1) is 11.0 Å². The molecule has 0 unspecified atom stereocenters. The summed E-state index contributed by atoms with van der Waals surface area (Å²) in [7, 11) is 0. The summed E-state index contributed by atoms with van der Waals surface area (Å²) in [4.78, 5) is 26.0. The van der Waals surface area contributed by atoms with Gasteiger partial charge in [-0.2, -0.15) is 0 Å². The topological polar surface area (TPSA) is 97.7 Å². The van der Waals surface area contributed by atoms with Gasteiger partial charge in [0.15, 0.2) is 5.17 Å². The Balaban J connectivity index is 2.05. The third-order valence-electron chi connectivity index (χ3n) is 2.25. The van der Waals surface area contributed by atoms with Crippen molar-refractivity contribution in [2.45, 2.75) is 6.92 Å². The molecule has 0 spiro atoms. The van der Waals surface area contributed by atoms with Gasteiger partial charge >= 0.3 is 5.88 Å². The number of thioether (sulfide) groups is 1. The van der Waals surface area contributed by atoms with E-state index in [9.17, 15) is 14.9 Å². The van der Waals surface area contributed by atoms with Gasteiger partial charge in [-0.15, -0.1) is 0 Å². The quantitative estimate of drug-likeness (QED) is 0.522. The van der Waals surface area contributed by atoms with E-state index >= 15 is 0 Å². The van der Waals surface area contributed by atoms with Crippen LogP contribution in [0, 0.1) is 10.1 Å². The first kappa shape index (κ1) is 14.1. The number of nitro groups is 1. The highest BCUT2D eigenvalue weighted by atomic mass is 32.2. The lowest BCUT2D eigenvalue weighted by Crippen LogP contribution is -2.19. The van der Waals surface area contributed by atoms with Crippen LogP contribution in [0.5, 0.6) is 0 Å². The summed E-state index contributed by atoms with van der Waals surface area (Å²) in [6, 6.07) is 2.76. The average Bonchev–Trinajstić information content (AvgIpc) is 2.98. The molecule has 8 heteroatoms. The number of amidine groups is 1. The minimum atomic E-state index is -0.608. The Bertz CT molecular complexity index is 630. The van der Waals surface area contributed by atoms with Gasteiger partial charge in [-0.05, 0) is 36.9 Å². The maximum absolute atomic E-state index is 11.6. The molecule has 2 heterocycles. The molecule has 7 nitrogen and oxygen atoms in total. The number of aliphatic imine (C=N–C) groups is 1. The number of hydrogen-bond donors (Lipinski definition) is 1. The minimum Gasteiger partial charge on any atom is -0.401 e. The Kier molecular flexibility index (Phi) is 4.36. The summed E-state index contributed by atoms with van der Waals surface area (Å²) >= 11 is 1.25. The predicted octanol–water partition coefficient (Wildman–Crippen LogP) is 2.32. The predicted molar refractivity (Wildman–Crippen MR) is 76.2 cm³/mol. The molecule has 1 fully saturated rings. The zero-order chi connectivity index (χ0) is 14.5. The molecule has 1 aliphatic rings. The van der Waals surface area contributed by atoms with Gasteiger partial charge in [0.1, 0.15) is 10.7 Å². The van der Waals surface area contributed by atoms with Gasteiger partial charge in [-0.25, -0.2) is 0 Å². The zero-order valence-corrected chi connectivity index (χ0v) is 11.3. The smallest absolute Gasteiger partial charge is 0.401 e. The van der Waals surface area contributed by atoms with Crippen LogP contribution in [0.25, 0.3) is 6.08 Å². The molecule has 0 atom stereocenters. The van der Waals surface area contributed by atoms with E-state index in [4.69, 9.17) is 4.42 Å². The fourth-order valence-corrected chi connectivity index (χ4v) is 2.26. The van der Waals surface area contributed by atoms with E-state index in [1.54, 1.807) is 18.2 Å². The van der Waals surface area contributed by atoms with Crippen LogP contribution in [-0.2, 0) is 4.79 Å². The van der Waals surface area contributed by atoms with Crippen molar-refractivity contribution in [1.82, 2.24) is 5.32 Å². The molecule has 104 valence electrons. The maximum atomic E-state index is 11.6. The van der Waals surface area contributed by atoms with Crippen LogP contribution in [0.15, 0.2) is 38.6 Å². The Hall–Kier alpha value is -2.35. The zero-order valence-electron chi connectivity index (χ0n) is 10.5. The second kappa shape index (κ2) is 6.20. The fourth-order valence-electron chi connectivity index (χ4n) is 1.42. The van der Waals surface area contributed by atoms with Gasteiger partial charge in [0.2, 0.25) is 0 Å². The van der Waals surface area contributed by atoms with Crippen molar-refractivity contribution >= 4 is 34.8 Å². The lowest BCUT2D eigenvalue weighted by Gasteiger charge is -1.89. The molecule has 1 amide bonds. The van der Waals surface area contributed by atoms with Gasteiger partial charge in [-0.1, -0.05) is 6.08 Å². The Morgan fingerprint density at radius 2 is 2.35 bits per heavy atom. The van der Waals surface area contributed by atoms with E-state index in [-0.39, 0.29) is 11.8 Å². The number of furan rings is 1. The summed E-state index contributed by atoms with van der Waals surface area (Å²) < 4.78 is 4.95. The third-order valence-corrected chi connectivity index (χ3v) is 3.22. The van der Waals surface area contributed by atoms with E-state index in [0.717, 1.165) is 0 Å². The number of rotatable bonds is 4. The highest BCUT2D eigenvalue weighted by Crippen LogP contribution is 2.23. The SMILES string of the molecule is CCN=C1NC(=O)/C(=C/C=C/c2ccc([N+](=O)[O-])o2)S1. The van der Waals surface area contributed by atoms with E-state index in [0.29, 0.717) is 22.4 Å². The van der Waals surface area contributed by atoms with E-state index < -0.39 is 4.92 Å². The number of carbonyl (C=O) groups is 1. The van der Waals surface area contributed by atoms with Gasteiger partial charge < -0.3 is 9.73 Å². The molecule has 0 radical (unpaired) electrons.